The first-order chi connectivity index (χ1) is 14.2. The molecular formula is C16H27ClN4O6P2S2. The highest BCUT2D eigenvalue weighted by Crippen LogP contribution is 2.43. The van der Waals surface area contributed by atoms with E-state index in [1.165, 1.54) is 9.80 Å². The van der Waals surface area contributed by atoms with Crippen molar-refractivity contribution >= 4 is 73.1 Å². The minimum Gasteiger partial charge on any atom is -0.319 e. The van der Waals surface area contributed by atoms with Gasteiger partial charge in [0.1, 0.15) is 0 Å². The van der Waals surface area contributed by atoms with Crippen LogP contribution in [0, 0.1) is 0 Å². The first kappa shape index (κ1) is 28.2. The van der Waals surface area contributed by atoms with Crippen LogP contribution in [0.1, 0.15) is 27.7 Å². The molecule has 15 heteroatoms. The van der Waals surface area contributed by atoms with Crippen LogP contribution < -0.4 is 9.80 Å². The summed E-state index contributed by atoms with van der Waals surface area (Å²) in [4.78, 5) is 41.2. The van der Waals surface area contributed by atoms with Crippen LogP contribution in [-0.2, 0) is 9.13 Å². The van der Waals surface area contributed by atoms with Gasteiger partial charge in [-0.3, -0.25) is 9.34 Å². The molecule has 0 aliphatic rings. The lowest BCUT2D eigenvalue weighted by molar-refractivity contribution is 0.317. The number of thiocarbonyl (C=S) groups is 2. The molecule has 1 aromatic rings. The Hall–Kier alpha value is -0.810. The van der Waals surface area contributed by atoms with Crippen LogP contribution in [0.5, 0.6) is 0 Å². The monoisotopic (exact) mass is 532 g/mol. The molecule has 4 N–H and O–H groups in total. The van der Waals surface area contributed by atoms with Crippen LogP contribution >= 0.6 is 51.5 Å². The zero-order chi connectivity index (χ0) is 24.1. The normalized spacial score (nSPS) is 11.8. The number of hydrogen-bond donors (Lipinski definition) is 4. The SMILES string of the molecule is CCN(C(=S)N(CC)P(=O)(O)O)c1ccc(N(CC)C(=S)N(CC)P(=O)(O)O)c(Cl)c1. The molecule has 0 heterocycles. The molecule has 0 saturated heterocycles. The summed E-state index contributed by atoms with van der Waals surface area (Å²) >= 11 is 17.1. The molecule has 0 saturated carbocycles. The number of nitrogens with zero attached hydrogens (tertiary/aromatic N) is 4. The molecule has 0 fully saturated rings. The van der Waals surface area contributed by atoms with Gasteiger partial charge in [-0.2, -0.15) is 0 Å². The fourth-order valence-corrected chi connectivity index (χ4v) is 5.89. The van der Waals surface area contributed by atoms with Crippen molar-refractivity contribution in [1.82, 2.24) is 9.34 Å². The Labute approximate surface area is 197 Å². The maximum Gasteiger partial charge on any atom is 0.431 e. The van der Waals surface area contributed by atoms with Gasteiger partial charge in [0.05, 0.1) is 10.7 Å². The number of hydrogen-bond acceptors (Lipinski definition) is 4. The summed E-state index contributed by atoms with van der Waals surface area (Å²) in [6.07, 6.45) is 0. The second-order valence-electron chi connectivity index (χ2n) is 6.15. The Kier molecular flexibility index (Phi) is 10.3. The van der Waals surface area contributed by atoms with E-state index in [9.17, 15) is 28.7 Å². The Balaban J connectivity index is 3.35. The Morgan fingerprint density at radius 1 is 0.839 bits per heavy atom. The van der Waals surface area contributed by atoms with Crippen molar-refractivity contribution in [2.75, 3.05) is 36.0 Å². The maximum atomic E-state index is 11.8. The average molecular weight is 533 g/mol. The summed E-state index contributed by atoms with van der Waals surface area (Å²) in [6.45, 7) is 7.32. The van der Waals surface area contributed by atoms with E-state index in [-0.39, 0.29) is 28.3 Å². The van der Waals surface area contributed by atoms with Gasteiger partial charge in [0.2, 0.25) is 0 Å². The van der Waals surface area contributed by atoms with Crippen LogP contribution in [0.4, 0.5) is 11.4 Å². The highest BCUT2D eigenvalue weighted by Gasteiger charge is 2.32. The highest BCUT2D eigenvalue weighted by molar-refractivity contribution is 7.81. The predicted molar refractivity (Wildman–Crippen MR) is 132 cm³/mol. The Bertz CT molecular complexity index is 912. The van der Waals surface area contributed by atoms with Gasteiger partial charge in [-0.25, -0.2) is 9.13 Å². The molecule has 0 aliphatic carbocycles. The van der Waals surface area contributed by atoms with E-state index in [0.29, 0.717) is 24.5 Å². The molecular weight excluding hydrogens is 506 g/mol. The smallest absolute Gasteiger partial charge is 0.319 e. The number of benzene rings is 1. The third kappa shape index (κ3) is 6.83. The minimum absolute atomic E-state index is 0.00241. The van der Waals surface area contributed by atoms with Crippen LogP contribution in [0.15, 0.2) is 18.2 Å². The summed E-state index contributed by atoms with van der Waals surface area (Å²) in [5.74, 6) is 0. The van der Waals surface area contributed by atoms with Gasteiger partial charge in [0.15, 0.2) is 10.2 Å². The van der Waals surface area contributed by atoms with Crippen LogP contribution in [-0.4, -0.2) is 65.3 Å². The molecule has 0 radical (unpaired) electrons. The topological polar surface area (TPSA) is 128 Å². The van der Waals surface area contributed by atoms with E-state index in [0.717, 1.165) is 9.34 Å². The quantitative estimate of drug-likeness (QED) is 0.289. The number of anilines is 2. The molecule has 176 valence electrons. The maximum absolute atomic E-state index is 11.8. The third-order valence-electron chi connectivity index (χ3n) is 4.30. The standard InChI is InChI=1S/C16H27ClN4O6P2S2/c1-5-18(15(30)20(7-3)28(22,23)24)12-9-10-14(13(17)11-12)19(6-2)16(31)21(8-4)29(25,26)27/h9-11H,5-8H2,1-4H3,(H2,22,23,24)(H2,25,26,27). The van der Waals surface area contributed by atoms with E-state index in [1.54, 1.807) is 45.9 Å². The zero-order valence-electron chi connectivity index (χ0n) is 17.5. The van der Waals surface area contributed by atoms with Crippen molar-refractivity contribution in [2.45, 2.75) is 27.7 Å². The van der Waals surface area contributed by atoms with Crippen LogP contribution in [0.2, 0.25) is 5.02 Å². The summed E-state index contributed by atoms with van der Waals surface area (Å²) in [6, 6.07) is 4.81. The van der Waals surface area contributed by atoms with E-state index in [4.69, 9.17) is 36.0 Å². The largest absolute Gasteiger partial charge is 0.431 e. The number of rotatable bonds is 8. The lowest BCUT2D eigenvalue weighted by Gasteiger charge is -2.34. The lowest BCUT2D eigenvalue weighted by Crippen LogP contribution is -2.42. The van der Waals surface area contributed by atoms with E-state index >= 15 is 0 Å². The Morgan fingerprint density at radius 2 is 1.26 bits per heavy atom. The molecule has 0 amide bonds. The average Bonchev–Trinajstić information content (AvgIpc) is 2.63. The van der Waals surface area contributed by atoms with Crippen LogP contribution in [0.25, 0.3) is 0 Å². The summed E-state index contributed by atoms with van der Waals surface area (Å²) in [5, 5.41) is 0.0992. The van der Waals surface area contributed by atoms with Gasteiger partial charge in [0.25, 0.3) is 0 Å². The zero-order valence-corrected chi connectivity index (χ0v) is 21.7. The van der Waals surface area contributed by atoms with Gasteiger partial charge in [-0.05, 0) is 70.3 Å². The molecule has 31 heavy (non-hydrogen) atoms. The molecule has 10 nitrogen and oxygen atoms in total. The molecule has 1 rings (SSSR count). The predicted octanol–water partition coefficient (Wildman–Crippen LogP) is 3.39. The van der Waals surface area contributed by atoms with E-state index < -0.39 is 15.5 Å². The molecule has 1 aromatic carbocycles. The van der Waals surface area contributed by atoms with Crippen LogP contribution in [0.3, 0.4) is 0 Å². The van der Waals surface area contributed by atoms with Crippen molar-refractivity contribution in [2.24, 2.45) is 0 Å². The first-order valence-electron chi connectivity index (χ1n) is 9.34. The van der Waals surface area contributed by atoms with Gasteiger partial charge in [-0.1, -0.05) is 11.6 Å². The van der Waals surface area contributed by atoms with Crippen molar-refractivity contribution in [3.63, 3.8) is 0 Å². The Morgan fingerprint density at radius 3 is 1.58 bits per heavy atom. The van der Waals surface area contributed by atoms with Gasteiger partial charge in [-0.15, -0.1) is 0 Å². The number of halogens is 1. The second kappa shape index (κ2) is 11.4. The third-order valence-corrected chi connectivity index (χ3v) is 7.96. The van der Waals surface area contributed by atoms with Gasteiger partial charge < -0.3 is 29.4 Å². The first-order valence-corrected chi connectivity index (χ1v) is 13.7. The molecule has 0 aliphatic heterocycles. The van der Waals surface area contributed by atoms with Crippen molar-refractivity contribution in [3.05, 3.63) is 23.2 Å². The molecule has 0 atom stereocenters. The van der Waals surface area contributed by atoms with Gasteiger partial charge in [0, 0.05) is 31.9 Å². The summed E-state index contributed by atoms with van der Waals surface area (Å²) in [5.41, 5.74) is 0.923. The highest BCUT2D eigenvalue weighted by atomic mass is 35.5. The van der Waals surface area contributed by atoms with Crippen molar-refractivity contribution in [3.8, 4) is 0 Å². The molecule has 0 bridgehead atoms. The fourth-order valence-electron chi connectivity index (χ4n) is 2.86. The van der Waals surface area contributed by atoms with Crippen molar-refractivity contribution < 1.29 is 28.7 Å². The molecule has 0 aromatic heterocycles. The fraction of sp³-hybridized carbons (Fsp3) is 0.500. The molecule has 0 spiro atoms. The summed E-state index contributed by atoms with van der Waals surface area (Å²) < 4.78 is 25.1. The summed E-state index contributed by atoms with van der Waals surface area (Å²) in [7, 11) is -9.20. The van der Waals surface area contributed by atoms with E-state index in [1.807, 2.05) is 0 Å². The second-order valence-corrected chi connectivity index (χ2v) is 10.3. The van der Waals surface area contributed by atoms with E-state index in [2.05, 4.69) is 0 Å². The molecule has 0 unspecified atom stereocenters. The minimum atomic E-state index is -4.61. The van der Waals surface area contributed by atoms with Crippen molar-refractivity contribution in [1.29, 1.82) is 0 Å². The van der Waals surface area contributed by atoms with Gasteiger partial charge >= 0.3 is 15.5 Å². The lowest BCUT2D eigenvalue weighted by atomic mass is 10.2.